The molecule has 5 nitrogen and oxygen atoms in total. The van der Waals surface area contributed by atoms with Gasteiger partial charge in [-0.3, -0.25) is 9.89 Å². The average molecular weight is 379 g/mol. The van der Waals surface area contributed by atoms with Crippen molar-refractivity contribution < 1.29 is 4.79 Å². The molecule has 27 heavy (non-hydrogen) atoms. The highest BCUT2D eigenvalue weighted by Gasteiger charge is 2.15. The summed E-state index contributed by atoms with van der Waals surface area (Å²) in [5.41, 5.74) is 5.80. The molecule has 1 aromatic heterocycles. The van der Waals surface area contributed by atoms with E-state index in [0.717, 1.165) is 29.9 Å². The van der Waals surface area contributed by atoms with Crippen LogP contribution in [0.1, 0.15) is 29.5 Å². The summed E-state index contributed by atoms with van der Waals surface area (Å²) in [6.07, 6.45) is 4.56. The molecule has 1 amide bonds. The number of hydrogen-bond donors (Lipinski definition) is 2. The molecule has 6 heteroatoms. The molecule has 1 aliphatic carbocycles. The summed E-state index contributed by atoms with van der Waals surface area (Å²) < 4.78 is 0. The highest BCUT2D eigenvalue weighted by Crippen LogP contribution is 2.28. The number of anilines is 1. The van der Waals surface area contributed by atoms with Crippen molar-refractivity contribution in [2.75, 3.05) is 11.1 Å². The number of amides is 1. The van der Waals surface area contributed by atoms with Gasteiger partial charge in [-0.25, -0.2) is 4.98 Å². The van der Waals surface area contributed by atoms with E-state index in [2.05, 4.69) is 26.6 Å². The molecule has 0 radical (unpaired) electrons. The van der Waals surface area contributed by atoms with E-state index in [4.69, 9.17) is 0 Å². The molecule has 0 spiro atoms. The highest BCUT2D eigenvalue weighted by atomic mass is 32.2. The Morgan fingerprint density at radius 2 is 1.96 bits per heavy atom. The lowest BCUT2D eigenvalue weighted by Gasteiger charge is -2.19. The van der Waals surface area contributed by atoms with Crippen LogP contribution in [0, 0.1) is 6.92 Å². The summed E-state index contributed by atoms with van der Waals surface area (Å²) in [4.78, 5) is 16.9. The number of carbonyl (C=O) groups is 1. The van der Waals surface area contributed by atoms with Gasteiger partial charge in [0.2, 0.25) is 11.1 Å². The summed E-state index contributed by atoms with van der Waals surface area (Å²) in [5.74, 6) is 0.977. The molecule has 2 aromatic carbocycles. The number of aromatic nitrogens is 3. The van der Waals surface area contributed by atoms with E-state index in [9.17, 15) is 4.79 Å². The maximum absolute atomic E-state index is 12.4. The fraction of sp³-hybridized carbons (Fsp3) is 0.286. The molecule has 1 heterocycles. The predicted molar refractivity (Wildman–Crippen MR) is 109 cm³/mol. The topological polar surface area (TPSA) is 70.7 Å². The summed E-state index contributed by atoms with van der Waals surface area (Å²) in [6, 6.07) is 14.3. The van der Waals surface area contributed by atoms with Gasteiger partial charge in [0.15, 0.2) is 5.82 Å². The van der Waals surface area contributed by atoms with Crippen LogP contribution in [0.15, 0.2) is 47.6 Å². The number of nitrogens with one attached hydrogen (secondary N) is 2. The number of nitrogens with zero attached hydrogens (tertiary/aromatic N) is 2. The zero-order valence-corrected chi connectivity index (χ0v) is 16.1. The quantitative estimate of drug-likeness (QED) is 0.646. The van der Waals surface area contributed by atoms with Gasteiger partial charge in [0.1, 0.15) is 0 Å². The van der Waals surface area contributed by atoms with Crippen LogP contribution in [-0.4, -0.2) is 26.8 Å². The van der Waals surface area contributed by atoms with Crippen molar-refractivity contribution in [3.05, 3.63) is 59.2 Å². The largest absolute Gasteiger partial charge is 0.325 e. The van der Waals surface area contributed by atoms with Gasteiger partial charge in [-0.05, 0) is 49.8 Å². The normalized spacial score (nSPS) is 13.2. The third-order valence-corrected chi connectivity index (χ3v) is 5.64. The number of benzene rings is 2. The van der Waals surface area contributed by atoms with Crippen LogP contribution in [0.25, 0.3) is 11.4 Å². The van der Waals surface area contributed by atoms with E-state index in [1.54, 1.807) is 0 Å². The Morgan fingerprint density at radius 1 is 1.15 bits per heavy atom. The minimum absolute atomic E-state index is 0.0272. The second-order valence-corrected chi connectivity index (χ2v) is 7.76. The van der Waals surface area contributed by atoms with Gasteiger partial charge < -0.3 is 5.32 Å². The van der Waals surface area contributed by atoms with Crippen LogP contribution in [0.5, 0.6) is 0 Å². The first kappa shape index (κ1) is 17.8. The Hall–Kier alpha value is -2.60. The van der Waals surface area contributed by atoms with Crippen molar-refractivity contribution in [2.45, 2.75) is 37.8 Å². The van der Waals surface area contributed by atoms with Gasteiger partial charge >= 0.3 is 0 Å². The second kappa shape index (κ2) is 7.96. The second-order valence-electron chi connectivity index (χ2n) is 6.82. The zero-order valence-electron chi connectivity index (χ0n) is 15.3. The SMILES string of the molecule is Cc1ccc(-c2nc(SCC(=O)Nc3cccc4c3CCCC4)n[nH]2)cc1. The number of H-pyrrole nitrogens is 1. The van der Waals surface area contributed by atoms with E-state index in [-0.39, 0.29) is 11.7 Å². The maximum Gasteiger partial charge on any atom is 0.234 e. The van der Waals surface area contributed by atoms with Crippen LogP contribution >= 0.6 is 11.8 Å². The van der Waals surface area contributed by atoms with Crippen molar-refractivity contribution in [2.24, 2.45) is 0 Å². The molecule has 0 atom stereocenters. The molecule has 0 aliphatic heterocycles. The Kier molecular flexibility index (Phi) is 5.25. The number of fused-ring (bicyclic) bond motifs is 1. The third kappa shape index (κ3) is 4.22. The molecule has 1 aliphatic rings. The summed E-state index contributed by atoms with van der Waals surface area (Å²) >= 11 is 1.34. The summed E-state index contributed by atoms with van der Waals surface area (Å²) in [7, 11) is 0. The van der Waals surface area contributed by atoms with E-state index < -0.39 is 0 Å². The maximum atomic E-state index is 12.4. The lowest BCUT2D eigenvalue weighted by atomic mass is 9.90. The molecular formula is C21H22N4OS. The van der Waals surface area contributed by atoms with Crippen molar-refractivity contribution in [1.82, 2.24) is 15.2 Å². The molecular weight excluding hydrogens is 356 g/mol. The smallest absolute Gasteiger partial charge is 0.234 e. The first-order chi connectivity index (χ1) is 13.2. The van der Waals surface area contributed by atoms with E-state index in [1.807, 2.05) is 43.3 Å². The number of thioether (sulfide) groups is 1. The van der Waals surface area contributed by atoms with E-state index >= 15 is 0 Å². The molecule has 0 bridgehead atoms. The first-order valence-corrected chi connectivity index (χ1v) is 10.2. The number of aryl methyl sites for hydroxylation is 2. The van der Waals surface area contributed by atoms with Crippen LogP contribution in [0.2, 0.25) is 0 Å². The van der Waals surface area contributed by atoms with Crippen molar-refractivity contribution in [3.63, 3.8) is 0 Å². The Labute approximate surface area is 163 Å². The number of carbonyl (C=O) groups excluding carboxylic acids is 1. The van der Waals surface area contributed by atoms with Crippen LogP contribution in [0.4, 0.5) is 5.69 Å². The van der Waals surface area contributed by atoms with Crippen LogP contribution < -0.4 is 5.32 Å². The zero-order chi connectivity index (χ0) is 18.6. The molecule has 0 fully saturated rings. The van der Waals surface area contributed by atoms with Crippen molar-refractivity contribution >= 4 is 23.4 Å². The monoisotopic (exact) mass is 378 g/mol. The van der Waals surface area contributed by atoms with Gasteiger partial charge in [-0.2, -0.15) is 0 Å². The first-order valence-electron chi connectivity index (χ1n) is 9.22. The average Bonchev–Trinajstić information content (AvgIpc) is 3.16. The molecule has 3 aromatic rings. The Balaban J connectivity index is 1.37. The van der Waals surface area contributed by atoms with Crippen molar-refractivity contribution in [1.29, 1.82) is 0 Å². The van der Waals surface area contributed by atoms with Crippen LogP contribution in [0.3, 0.4) is 0 Å². The number of hydrogen-bond acceptors (Lipinski definition) is 4. The van der Waals surface area contributed by atoms with Gasteiger partial charge in [0, 0.05) is 11.3 Å². The number of rotatable bonds is 5. The van der Waals surface area contributed by atoms with Gasteiger partial charge in [0.25, 0.3) is 0 Å². The fourth-order valence-corrected chi connectivity index (χ4v) is 3.96. The van der Waals surface area contributed by atoms with Crippen molar-refractivity contribution in [3.8, 4) is 11.4 Å². The summed E-state index contributed by atoms with van der Waals surface area (Å²) in [5, 5.41) is 10.8. The third-order valence-electron chi connectivity index (χ3n) is 4.79. The molecule has 0 saturated heterocycles. The standard InChI is InChI=1S/C21H22N4OS/c1-14-9-11-16(12-10-14)20-23-21(25-24-20)27-13-19(26)22-18-8-4-6-15-5-2-3-7-17(15)18/h4,6,8-12H,2-3,5,7,13H2,1H3,(H,22,26)(H,23,24,25). The lowest BCUT2D eigenvalue weighted by molar-refractivity contribution is -0.113. The highest BCUT2D eigenvalue weighted by molar-refractivity contribution is 7.99. The molecule has 2 N–H and O–H groups in total. The molecule has 138 valence electrons. The van der Waals surface area contributed by atoms with Gasteiger partial charge in [0.05, 0.1) is 5.75 Å². The Bertz CT molecular complexity index is 949. The predicted octanol–water partition coefficient (Wildman–Crippen LogP) is 4.39. The van der Waals surface area contributed by atoms with Gasteiger partial charge in [-0.1, -0.05) is 53.7 Å². The van der Waals surface area contributed by atoms with Crippen LogP contribution in [-0.2, 0) is 17.6 Å². The minimum atomic E-state index is -0.0272. The lowest BCUT2D eigenvalue weighted by Crippen LogP contribution is -2.17. The van der Waals surface area contributed by atoms with Gasteiger partial charge in [-0.15, -0.1) is 5.10 Å². The van der Waals surface area contributed by atoms with E-state index in [0.29, 0.717) is 5.16 Å². The number of aromatic amines is 1. The van der Waals surface area contributed by atoms with E-state index in [1.165, 1.54) is 41.3 Å². The fourth-order valence-electron chi connectivity index (χ4n) is 3.37. The molecule has 0 saturated carbocycles. The minimum Gasteiger partial charge on any atom is -0.325 e. The Morgan fingerprint density at radius 3 is 2.81 bits per heavy atom. The summed E-state index contributed by atoms with van der Waals surface area (Å²) in [6.45, 7) is 2.05. The molecule has 4 rings (SSSR count). The molecule has 0 unspecified atom stereocenters.